The summed E-state index contributed by atoms with van der Waals surface area (Å²) in [6.07, 6.45) is 3.18. The van der Waals surface area contributed by atoms with Crippen molar-refractivity contribution in [3.8, 4) is 5.88 Å². The van der Waals surface area contributed by atoms with Gasteiger partial charge in [-0.2, -0.15) is 0 Å². The number of aromatic nitrogens is 2. The van der Waals surface area contributed by atoms with E-state index in [9.17, 15) is 0 Å². The Hall–Kier alpha value is -0.980. The largest absolute Gasteiger partial charge is 0.480 e. The van der Waals surface area contributed by atoms with Gasteiger partial charge in [0, 0.05) is 21.3 Å². The summed E-state index contributed by atoms with van der Waals surface area (Å²) in [7, 11) is 1.55. The summed E-state index contributed by atoms with van der Waals surface area (Å²) < 4.78 is 7.06. The molecule has 0 aliphatic rings. The summed E-state index contributed by atoms with van der Waals surface area (Å²) in [6, 6.07) is 5.42. The molecule has 94 valence electrons. The van der Waals surface area contributed by atoms with Gasteiger partial charge in [0.05, 0.1) is 13.2 Å². The first kappa shape index (κ1) is 13.5. The lowest BCUT2D eigenvalue weighted by Gasteiger charge is -2.15. The molecule has 2 rings (SSSR count). The molecule has 1 heterocycles. The number of nitrogens with zero attached hydrogens (tertiary/aromatic N) is 2. The first-order valence-electron chi connectivity index (χ1n) is 5.19. The van der Waals surface area contributed by atoms with Gasteiger partial charge in [-0.25, -0.2) is 4.98 Å². The summed E-state index contributed by atoms with van der Waals surface area (Å²) in [4.78, 5) is 8.35. The van der Waals surface area contributed by atoms with Gasteiger partial charge in [-0.1, -0.05) is 31.9 Å². The third-order valence-corrected chi connectivity index (χ3v) is 3.69. The van der Waals surface area contributed by atoms with Gasteiger partial charge in [0.15, 0.2) is 0 Å². The van der Waals surface area contributed by atoms with E-state index >= 15 is 0 Å². The number of nitrogens with two attached hydrogens (primary N) is 1. The highest BCUT2D eigenvalue weighted by Crippen LogP contribution is 2.31. The SMILES string of the molecule is COc1nccnc1C(N)c1cc(Br)ccc1Br. The molecule has 0 aliphatic heterocycles. The highest BCUT2D eigenvalue weighted by atomic mass is 79.9. The zero-order valence-corrected chi connectivity index (χ0v) is 12.8. The maximum absolute atomic E-state index is 6.23. The van der Waals surface area contributed by atoms with Crippen molar-refractivity contribution in [2.45, 2.75) is 6.04 Å². The smallest absolute Gasteiger partial charge is 0.237 e. The average Bonchev–Trinajstić information content (AvgIpc) is 2.40. The normalized spacial score (nSPS) is 12.2. The molecule has 4 nitrogen and oxygen atoms in total. The average molecular weight is 373 g/mol. The van der Waals surface area contributed by atoms with Crippen LogP contribution in [0.4, 0.5) is 0 Å². The van der Waals surface area contributed by atoms with Crippen LogP contribution < -0.4 is 10.5 Å². The Morgan fingerprint density at radius 2 is 1.94 bits per heavy atom. The summed E-state index contributed by atoms with van der Waals surface area (Å²) in [5.41, 5.74) is 7.76. The van der Waals surface area contributed by atoms with Crippen molar-refractivity contribution in [2.75, 3.05) is 7.11 Å². The Balaban J connectivity index is 2.47. The molecule has 0 bridgehead atoms. The van der Waals surface area contributed by atoms with Gasteiger partial charge < -0.3 is 10.5 Å². The van der Waals surface area contributed by atoms with Crippen molar-refractivity contribution < 1.29 is 4.74 Å². The second-order valence-electron chi connectivity index (χ2n) is 3.59. The molecule has 1 unspecified atom stereocenters. The highest BCUT2D eigenvalue weighted by molar-refractivity contribution is 9.11. The van der Waals surface area contributed by atoms with E-state index in [0.29, 0.717) is 11.6 Å². The minimum absolute atomic E-state index is 0.402. The molecule has 0 aliphatic carbocycles. The van der Waals surface area contributed by atoms with E-state index in [2.05, 4.69) is 41.8 Å². The maximum atomic E-state index is 6.23. The van der Waals surface area contributed by atoms with Crippen LogP contribution in [-0.4, -0.2) is 17.1 Å². The molecule has 0 saturated carbocycles. The van der Waals surface area contributed by atoms with Gasteiger partial charge in [-0.15, -0.1) is 0 Å². The third-order valence-electron chi connectivity index (χ3n) is 2.47. The molecule has 0 radical (unpaired) electrons. The molecule has 1 atom stereocenters. The minimum Gasteiger partial charge on any atom is -0.480 e. The number of rotatable bonds is 3. The molecule has 6 heteroatoms. The summed E-state index contributed by atoms with van der Waals surface area (Å²) in [5.74, 6) is 0.442. The monoisotopic (exact) mass is 371 g/mol. The van der Waals surface area contributed by atoms with Crippen molar-refractivity contribution in [3.63, 3.8) is 0 Å². The standard InChI is InChI=1S/C12H11Br2N3O/c1-18-12-11(16-4-5-17-12)10(15)8-6-7(13)2-3-9(8)14/h2-6,10H,15H2,1H3. The Morgan fingerprint density at radius 1 is 1.22 bits per heavy atom. The van der Waals surface area contributed by atoms with E-state index in [4.69, 9.17) is 10.5 Å². The fourth-order valence-corrected chi connectivity index (χ4v) is 2.48. The quantitative estimate of drug-likeness (QED) is 0.899. The van der Waals surface area contributed by atoms with Crippen LogP contribution in [0.2, 0.25) is 0 Å². The lowest BCUT2D eigenvalue weighted by Crippen LogP contribution is -2.16. The topological polar surface area (TPSA) is 61.0 Å². The van der Waals surface area contributed by atoms with E-state index in [1.807, 2.05) is 18.2 Å². The van der Waals surface area contributed by atoms with Gasteiger partial charge in [0.25, 0.3) is 0 Å². The van der Waals surface area contributed by atoms with Crippen molar-refractivity contribution >= 4 is 31.9 Å². The Bertz CT molecular complexity index is 563. The molecule has 0 amide bonds. The molecule has 2 aromatic rings. The molecule has 1 aromatic carbocycles. The van der Waals surface area contributed by atoms with Crippen molar-refractivity contribution in [3.05, 3.63) is 50.8 Å². The molecule has 18 heavy (non-hydrogen) atoms. The Morgan fingerprint density at radius 3 is 2.67 bits per heavy atom. The van der Waals surface area contributed by atoms with Crippen LogP contribution in [0.3, 0.4) is 0 Å². The number of methoxy groups -OCH3 is 1. The number of ether oxygens (including phenoxy) is 1. The molecular formula is C12H11Br2N3O. The molecule has 2 N–H and O–H groups in total. The van der Waals surface area contributed by atoms with Crippen LogP contribution in [0.25, 0.3) is 0 Å². The summed E-state index contributed by atoms with van der Waals surface area (Å²) >= 11 is 6.91. The van der Waals surface area contributed by atoms with Crippen LogP contribution in [0, 0.1) is 0 Å². The number of benzene rings is 1. The lowest BCUT2D eigenvalue weighted by molar-refractivity contribution is 0.387. The van der Waals surface area contributed by atoms with Gasteiger partial charge in [-0.05, 0) is 23.8 Å². The van der Waals surface area contributed by atoms with Crippen molar-refractivity contribution in [1.82, 2.24) is 9.97 Å². The molecule has 0 spiro atoms. The summed E-state index contributed by atoms with van der Waals surface area (Å²) in [5, 5.41) is 0. The molecule has 0 saturated heterocycles. The molecular weight excluding hydrogens is 362 g/mol. The van der Waals surface area contributed by atoms with Gasteiger partial charge in [-0.3, -0.25) is 4.98 Å². The van der Waals surface area contributed by atoms with Crippen molar-refractivity contribution in [1.29, 1.82) is 0 Å². The highest BCUT2D eigenvalue weighted by Gasteiger charge is 2.18. The minimum atomic E-state index is -0.402. The van der Waals surface area contributed by atoms with Crippen LogP contribution in [-0.2, 0) is 0 Å². The predicted octanol–water partition coefficient (Wildman–Crippen LogP) is 3.06. The van der Waals surface area contributed by atoms with Crippen LogP contribution in [0.15, 0.2) is 39.5 Å². The lowest BCUT2D eigenvalue weighted by atomic mass is 10.0. The number of hydrogen-bond acceptors (Lipinski definition) is 4. The van der Waals surface area contributed by atoms with E-state index in [0.717, 1.165) is 14.5 Å². The van der Waals surface area contributed by atoms with Gasteiger partial charge in [0.2, 0.25) is 5.88 Å². The Kier molecular flexibility index (Phi) is 4.31. The first-order valence-corrected chi connectivity index (χ1v) is 6.77. The van der Waals surface area contributed by atoms with E-state index in [1.165, 1.54) is 0 Å². The maximum Gasteiger partial charge on any atom is 0.237 e. The zero-order chi connectivity index (χ0) is 13.1. The van der Waals surface area contributed by atoms with Crippen LogP contribution in [0.5, 0.6) is 5.88 Å². The predicted molar refractivity (Wildman–Crippen MR) is 76.5 cm³/mol. The second kappa shape index (κ2) is 5.77. The first-order chi connectivity index (χ1) is 8.63. The van der Waals surface area contributed by atoms with E-state index in [1.54, 1.807) is 19.5 Å². The van der Waals surface area contributed by atoms with E-state index < -0.39 is 6.04 Å². The fourth-order valence-electron chi connectivity index (χ4n) is 1.61. The van der Waals surface area contributed by atoms with E-state index in [-0.39, 0.29) is 0 Å². The third kappa shape index (κ3) is 2.71. The number of halogens is 2. The molecule has 1 aromatic heterocycles. The summed E-state index contributed by atoms with van der Waals surface area (Å²) in [6.45, 7) is 0. The van der Waals surface area contributed by atoms with Crippen LogP contribution >= 0.6 is 31.9 Å². The van der Waals surface area contributed by atoms with Crippen LogP contribution in [0.1, 0.15) is 17.3 Å². The molecule has 0 fully saturated rings. The van der Waals surface area contributed by atoms with Gasteiger partial charge >= 0.3 is 0 Å². The Labute approximate surface area is 122 Å². The second-order valence-corrected chi connectivity index (χ2v) is 5.36. The van der Waals surface area contributed by atoms with Gasteiger partial charge in [0.1, 0.15) is 5.69 Å². The van der Waals surface area contributed by atoms with Crippen molar-refractivity contribution in [2.24, 2.45) is 5.73 Å². The number of hydrogen-bond donors (Lipinski definition) is 1. The zero-order valence-electron chi connectivity index (χ0n) is 9.60. The fraction of sp³-hybridized carbons (Fsp3) is 0.167.